The third kappa shape index (κ3) is 5.42. The van der Waals surface area contributed by atoms with Crippen LogP contribution in [-0.4, -0.2) is 34.3 Å². The minimum atomic E-state index is -0.690. The van der Waals surface area contributed by atoms with Crippen molar-refractivity contribution in [2.24, 2.45) is 7.05 Å². The van der Waals surface area contributed by atoms with Crippen molar-refractivity contribution in [3.8, 4) is 0 Å². The molecule has 28 heavy (non-hydrogen) atoms. The van der Waals surface area contributed by atoms with Gasteiger partial charge >= 0.3 is 12.0 Å². The predicted molar refractivity (Wildman–Crippen MR) is 105 cm³/mol. The van der Waals surface area contributed by atoms with Crippen LogP contribution < -0.4 is 10.6 Å². The summed E-state index contributed by atoms with van der Waals surface area (Å²) in [6, 6.07) is 4.82. The van der Waals surface area contributed by atoms with Crippen molar-refractivity contribution >= 4 is 23.6 Å². The Balaban J connectivity index is 1.76. The summed E-state index contributed by atoms with van der Waals surface area (Å²) in [4.78, 5) is 35.6. The first-order chi connectivity index (χ1) is 13.2. The molecule has 150 valence electrons. The van der Waals surface area contributed by atoms with Gasteiger partial charge in [-0.1, -0.05) is 12.1 Å². The second kappa shape index (κ2) is 9.16. The number of hydrogen-bond acceptors (Lipinski definition) is 5. The second-order valence-electron chi connectivity index (χ2n) is 6.68. The van der Waals surface area contributed by atoms with Crippen molar-refractivity contribution in [3.05, 3.63) is 46.3 Å². The van der Waals surface area contributed by atoms with E-state index in [0.29, 0.717) is 12.1 Å². The van der Waals surface area contributed by atoms with Crippen LogP contribution in [0.4, 0.5) is 10.5 Å². The molecule has 2 rings (SSSR count). The number of imide groups is 1. The summed E-state index contributed by atoms with van der Waals surface area (Å²) >= 11 is 0. The van der Waals surface area contributed by atoms with Gasteiger partial charge in [0.15, 0.2) is 6.61 Å². The Labute approximate surface area is 164 Å². The maximum absolute atomic E-state index is 11.9. The fourth-order valence-corrected chi connectivity index (χ4v) is 2.83. The van der Waals surface area contributed by atoms with Crippen molar-refractivity contribution in [2.45, 2.75) is 40.5 Å². The van der Waals surface area contributed by atoms with E-state index < -0.39 is 24.5 Å². The molecule has 0 bridgehead atoms. The largest absolute Gasteiger partial charge is 0.456 e. The van der Waals surface area contributed by atoms with Gasteiger partial charge < -0.3 is 10.1 Å². The molecule has 0 spiro atoms. The maximum atomic E-state index is 11.9. The lowest BCUT2D eigenvalue weighted by molar-refractivity contribution is -0.148. The lowest BCUT2D eigenvalue weighted by Crippen LogP contribution is -2.37. The van der Waals surface area contributed by atoms with Crippen LogP contribution in [0.3, 0.4) is 0 Å². The Morgan fingerprint density at radius 2 is 1.86 bits per heavy atom. The fourth-order valence-electron chi connectivity index (χ4n) is 2.83. The maximum Gasteiger partial charge on any atom is 0.325 e. The quantitative estimate of drug-likeness (QED) is 0.743. The van der Waals surface area contributed by atoms with Crippen molar-refractivity contribution < 1.29 is 19.1 Å². The summed E-state index contributed by atoms with van der Waals surface area (Å²) in [6.45, 7) is 7.11. The van der Waals surface area contributed by atoms with Gasteiger partial charge in [0.2, 0.25) is 0 Å². The zero-order valence-electron chi connectivity index (χ0n) is 16.9. The molecule has 0 aliphatic heterocycles. The van der Waals surface area contributed by atoms with Gasteiger partial charge in [-0.25, -0.2) is 4.79 Å². The summed E-state index contributed by atoms with van der Waals surface area (Å²) in [5.41, 5.74) is 5.41. The molecular weight excluding hydrogens is 360 g/mol. The average Bonchev–Trinajstić information content (AvgIpc) is 2.87. The van der Waals surface area contributed by atoms with E-state index in [-0.39, 0.29) is 6.42 Å². The first kappa shape index (κ1) is 21.1. The summed E-state index contributed by atoms with van der Waals surface area (Å²) in [7, 11) is 1.85. The monoisotopic (exact) mass is 386 g/mol. The number of aryl methyl sites for hydroxylation is 3. The van der Waals surface area contributed by atoms with Gasteiger partial charge in [-0.2, -0.15) is 5.10 Å². The predicted octanol–water partition coefficient (Wildman–Crippen LogP) is 2.48. The molecule has 0 radical (unpaired) electrons. The molecule has 0 aliphatic carbocycles. The highest BCUT2D eigenvalue weighted by molar-refractivity contribution is 6.02. The number of carbonyl (C=O) groups is 3. The zero-order chi connectivity index (χ0) is 20.8. The Kier molecular flexibility index (Phi) is 6.92. The molecule has 1 aromatic carbocycles. The SMILES string of the molecule is Cc1cccc(NC(=O)NC(=O)COC(=O)CCc2c(C)nn(C)c2C)c1C. The number of nitrogens with zero attached hydrogens (tertiary/aromatic N) is 2. The van der Waals surface area contributed by atoms with Gasteiger partial charge in [0, 0.05) is 24.8 Å². The van der Waals surface area contributed by atoms with Crippen LogP contribution >= 0.6 is 0 Å². The Hall–Kier alpha value is -3.16. The van der Waals surface area contributed by atoms with Crippen molar-refractivity contribution in [1.82, 2.24) is 15.1 Å². The van der Waals surface area contributed by atoms with E-state index >= 15 is 0 Å². The minimum Gasteiger partial charge on any atom is -0.456 e. The molecule has 2 aromatic rings. The highest BCUT2D eigenvalue weighted by Crippen LogP contribution is 2.17. The molecule has 3 amide bonds. The van der Waals surface area contributed by atoms with E-state index in [1.54, 1.807) is 10.7 Å². The number of anilines is 1. The normalized spacial score (nSPS) is 10.5. The summed E-state index contributed by atoms with van der Waals surface area (Å²) in [5.74, 6) is -1.20. The standard InChI is InChI=1S/C20H26N4O4/c1-12-7-6-8-17(13(12)2)21-20(27)22-18(25)11-28-19(26)10-9-16-14(3)23-24(5)15(16)4/h6-8H,9-11H2,1-5H3,(H2,21,22,25,27). The van der Waals surface area contributed by atoms with Crippen LogP contribution in [0.25, 0.3) is 0 Å². The zero-order valence-corrected chi connectivity index (χ0v) is 16.9. The molecule has 0 unspecified atom stereocenters. The molecule has 2 N–H and O–H groups in total. The van der Waals surface area contributed by atoms with E-state index in [9.17, 15) is 14.4 Å². The van der Waals surface area contributed by atoms with Crippen LogP contribution in [0.2, 0.25) is 0 Å². The van der Waals surface area contributed by atoms with Crippen molar-refractivity contribution in [1.29, 1.82) is 0 Å². The molecule has 0 saturated heterocycles. The topological polar surface area (TPSA) is 102 Å². The molecule has 0 aliphatic rings. The van der Waals surface area contributed by atoms with Crippen LogP contribution in [0, 0.1) is 27.7 Å². The van der Waals surface area contributed by atoms with E-state index in [0.717, 1.165) is 28.1 Å². The van der Waals surface area contributed by atoms with Crippen LogP contribution in [0.15, 0.2) is 18.2 Å². The molecule has 0 saturated carbocycles. The highest BCUT2D eigenvalue weighted by atomic mass is 16.5. The number of esters is 1. The number of rotatable bonds is 6. The van der Waals surface area contributed by atoms with Gasteiger partial charge in [0.05, 0.1) is 5.69 Å². The Bertz CT molecular complexity index is 902. The van der Waals surface area contributed by atoms with Gasteiger partial charge in [0.25, 0.3) is 5.91 Å². The number of ether oxygens (including phenoxy) is 1. The Morgan fingerprint density at radius 3 is 2.50 bits per heavy atom. The molecule has 1 heterocycles. The minimum absolute atomic E-state index is 0.134. The lowest BCUT2D eigenvalue weighted by atomic mass is 10.1. The number of nitrogens with one attached hydrogen (secondary N) is 2. The molecule has 0 fully saturated rings. The fraction of sp³-hybridized carbons (Fsp3) is 0.400. The average molecular weight is 386 g/mol. The number of amides is 3. The molecule has 8 nitrogen and oxygen atoms in total. The molecule has 1 aromatic heterocycles. The first-order valence-electron chi connectivity index (χ1n) is 9.00. The van der Waals surface area contributed by atoms with Crippen LogP contribution in [0.5, 0.6) is 0 Å². The van der Waals surface area contributed by atoms with Crippen LogP contribution in [-0.2, 0) is 27.8 Å². The molecule has 0 atom stereocenters. The molecular formula is C20H26N4O4. The molecule has 8 heteroatoms. The number of carbonyl (C=O) groups excluding carboxylic acids is 3. The first-order valence-corrected chi connectivity index (χ1v) is 9.00. The van der Waals surface area contributed by atoms with E-state index in [1.807, 2.05) is 46.9 Å². The van der Waals surface area contributed by atoms with E-state index in [1.165, 1.54) is 0 Å². The second-order valence-corrected chi connectivity index (χ2v) is 6.68. The number of benzene rings is 1. The van der Waals surface area contributed by atoms with Gasteiger partial charge in [-0.15, -0.1) is 0 Å². The van der Waals surface area contributed by atoms with Gasteiger partial charge in [-0.3, -0.25) is 19.6 Å². The highest BCUT2D eigenvalue weighted by Gasteiger charge is 2.14. The third-order valence-electron chi connectivity index (χ3n) is 4.71. The number of aromatic nitrogens is 2. The Morgan fingerprint density at radius 1 is 1.14 bits per heavy atom. The van der Waals surface area contributed by atoms with Crippen molar-refractivity contribution in [2.75, 3.05) is 11.9 Å². The van der Waals surface area contributed by atoms with E-state index in [2.05, 4.69) is 15.7 Å². The van der Waals surface area contributed by atoms with Crippen LogP contribution in [0.1, 0.15) is 34.5 Å². The van der Waals surface area contributed by atoms with Gasteiger partial charge in [0.1, 0.15) is 0 Å². The van der Waals surface area contributed by atoms with Gasteiger partial charge in [-0.05, 0) is 56.9 Å². The van der Waals surface area contributed by atoms with Crippen molar-refractivity contribution in [3.63, 3.8) is 0 Å². The summed E-state index contributed by atoms with van der Waals surface area (Å²) < 4.78 is 6.71. The smallest absolute Gasteiger partial charge is 0.325 e. The lowest BCUT2D eigenvalue weighted by Gasteiger charge is -2.11. The number of urea groups is 1. The van der Waals surface area contributed by atoms with E-state index in [4.69, 9.17) is 4.74 Å². The summed E-state index contributed by atoms with van der Waals surface area (Å²) in [5, 5.41) is 9.05. The third-order valence-corrected chi connectivity index (χ3v) is 4.71. The summed E-state index contributed by atoms with van der Waals surface area (Å²) in [6.07, 6.45) is 0.619. The number of hydrogen-bond donors (Lipinski definition) is 2.